The zero-order valence-electron chi connectivity index (χ0n) is 13.7. The van der Waals surface area contributed by atoms with Gasteiger partial charge in [-0.15, -0.1) is 0 Å². The van der Waals surface area contributed by atoms with Crippen molar-refractivity contribution in [2.24, 2.45) is 10.9 Å². The van der Waals surface area contributed by atoms with Crippen molar-refractivity contribution < 1.29 is 33.7 Å². The van der Waals surface area contributed by atoms with Gasteiger partial charge in [-0.2, -0.15) is 0 Å². The normalized spacial score (nSPS) is 18.1. The Kier molecular flexibility index (Phi) is 8.98. The molecule has 0 aromatic rings. The fourth-order valence-electron chi connectivity index (χ4n) is 2.25. The van der Waals surface area contributed by atoms with E-state index in [1.54, 1.807) is 6.92 Å². The summed E-state index contributed by atoms with van der Waals surface area (Å²) >= 11 is 0. The molecule has 0 atom stereocenters. The van der Waals surface area contributed by atoms with Crippen LogP contribution in [0.15, 0.2) is 17.0 Å². The Bertz CT molecular complexity index is 470. The number of aliphatic hydroxyl groups excluding tert-OH is 1. The van der Waals surface area contributed by atoms with Gasteiger partial charge in [0, 0.05) is 38.6 Å². The fourth-order valence-corrected chi connectivity index (χ4v) is 2.25. The number of hydrogen-bond acceptors (Lipinski definition) is 8. The van der Waals surface area contributed by atoms with Crippen LogP contribution in [0.1, 0.15) is 26.2 Å². The lowest BCUT2D eigenvalue weighted by Gasteiger charge is -2.36. The van der Waals surface area contributed by atoms with Gasteiger partial charge >= 0.3 is 5.97 Å². The number of esters is 1. The first-order chi connectivity index (χ1) is 11.6. The number of amidine groups is 1. The summed E-state index contributed by atoms with van der Waals surface area (Å²) in [6.07, 6.45) is 2.73. The monoisotopic (exact) mass is 344 g/mol. The Hall–Kier alpha value is -1.97. The van der Waals surface area contributed by atoms with Gasteiger partial charge in [-0.1, -0.05) is 5.16 Å². The van der Waals surface area contributed by atoms with Gasteiger partial charge < -0.3 is 29.9 Å². The molecule has 1 aliphatic rings. The average Bonchev–Trinajstić information content (AvgIpc) is 2.58. The van der Waals surface area contributed by atoms with Gasteiger partial charge in [-0.25, -0.2) is 4.79 Å². The van der Waals surface area contributed by atoms with E-state index in [0.29, 0.717) is 32.3 Å². The Balaban J connectivity index is 2.72. The quantitative estimate of drug-likeness (QED) is 0.107. The van der Waals surface area contributed by atoms with Crippen LogP contribution >= 0.6 is 0 Å². The molecule has 0 aliphatic carbocycles. The number of aliphatic hydroxyl groups is 1. The SMILES string of the molecule is CCOC(=O)/C(=C\C=O)O/N=C(\N)CC1(OCCO)CCOCC1. The van der Waals surface area contributed by atoms with E-state index in [1.165, 1.54) is 0 Å². The second kappa shape index (κ2) is 10.7. The first kappa shape index (κ1) is 20.1. The maximum atomic E-state index is 11.6. The molecule has 1 heterocycles. The van der Waals surface area contributed by atoms with Gasteiger partial charge in [0.15, 0.2) is 0 Å². The third kappa shape index (κ3) is 6.65. The van der Waals surface area contributed by atoms with E-state index in [9.17, 15) is 9.59 Å². The minimum Gasteiger partial charge on any atom is -0.460 e. The Labute approximate surface area is 140 Å². The van der Waals surface area contributed by atoms with Gasteiger partial charge in [0.1, 0.15) is 12.1 Å². The maximum absolute atomic E-state index is 11.6. The summed E-state index contributed by atoms with van der Waals surface area (Å²) in [5.41, 5.74) is 5.25. The highest BCUT2D eigenvalue weighted by Crippen LogP contribution is 2.28. The van der Waals surface area contributed by atoms with Crippen LogP contribution < -0.4 is 5.73 Å². The summed E-state index contributed by atoms with van der Waals surface area (Å²) < 4.78 is 15.8. The van der Waals surface area contributed by atoms with E-state index in [2.05, 4.69) is 5.16 Å². The van der Waals surface area contributed by atoms with Crippen molar-refractivity contribution in [2.75, 3.05) is 33.0 Å². The van der Waals surface area contributed by atoms with Gasteiger partial charge in [0.2, 0.25) is 5.76 Å². The number of oxime groups is 1. The molecule has 0 aromatic carbocycles. The predicted octanol–water partition coefficient (Wildman–Crippen LogP) is -0.131. The molecule has 0 unspecified atom stereocenters. The number of rotatable bonds is 10. The molecule has 0 spiro atoms. The zero-order chi connectivity index (χ0) is 17.8. The Morgan fingerprint density at radius 2 is 2.12 bits per heavy atom. The van der Waals surface area contributed by atoms with E-state index in [0.717, 1.165) is 6.08 Å². The molecule has 1 saturated heterocycles. The minimum absolute atomic E-state index is 0.0935. The van der Waals surface area contributed by atoms with Crippen molar-refractivity contribution >= 4 is 18.1 Å². The number of aldehydes is 1. The summed E-state index contributed by atoms with van der Waals surface area (Å²) in [4.78, 5) is 27.1. The first-order valence-electron chi connectivity index (χ1n) is 7.71. The van der Waals surface area contributed by atoms with Crippen molar-refractivity contribution in [1.82, 2.24) is 0 Å². The van der Waals surface area contributed by atoms with E-state index >= 15 is 0 Å². The van der Waals surface area contributed by atoms with Crippen LogP contribution in [-0.2, 0) is 28.6 Å². The summed E-state index contributed by atoms with van der Waals surface area (Å²) in [7, 11) is 0. The second-order valence-electron chi connectivity index (χ2n) is 5.11. The lowest BCUT2D eigenvalue weighted by atomic mass is 9.90. The predicted molar refractivity (Wildman–Crippen MR) is 83.9 cm³/mol. The smallest absolute Gasteiger partial charge is 0.377 e. The van der Waals surface area contributed by atoms with Crippen molar-refractivity contribution in [1.29, 1.82) is 0 Å². The van der Waals surface area contributed by atoms with E-state index in [-0.39, 0.29) is 37.8 Å². The third-order valence-corrected chi connectivity index (χ3v) is 3.36. The van der Waals surface area contributed by atoms with Crippen LogP contribution in [0, 0.1) is 0 Å². The number of carbonyl (C=O) groups excluding carboxylic acids is 2. The van der Waals surface area contributed by atoms with Gasteiger partial charge in [0.25, 0.3) is 0 Å². The van der Waals surface area contributed by atoms with Crippen molar-refractivity contribution in [2.45, 2.75) is 31.8 Å². The van der Waals surface area contributed by atoms with E-state index in [1.807, 2.05) is 0 Å². The molecule has 0 aromatic heterocycles. The molecule has 9 heteroatoms. The number of nitrogens with zero attached hydrogens (tertiary/aromatic N) is 1. The molecule has 3 N–H and O–H groups in total. The molecule has 0 saturated carbocycles. The molecule has 24 heavy (non-hydrogen) atoms. The van der Waals surface area contributed by atoms with Crippen molar-refractivity contribution in [3.8, 4) is 0 Å². The first-order valence-corrected chi connectivity index (χ1v) is 7.71. The molecule has 0 bridgehead atoms. The van der Waals surface area contributed by atoms with Crippen LogP contribution in [-0.4, -0.2) is 61.8 Å². The van der Waals surface area contributed by atoms with E-state index in [4.69, 9.17) is 29.9 Å². The van der Waals surface area contributed by atoms with Gasteiger partial charge in [-0.05, 0) is 6.92 Å². The van der Waals surface area contributed by atoms with Crippen LogP contribution in [0.2, 0.25) is 0 Å². The summed E-state index contributed by atoms with van der Waals surface area (Å²) in [6.45, 7) is 2.85. The molecule has 9 nitrogen and oxygen atoms in total. The summed E-state index contributed by atoms with van der Waals surface area (Å²) in [5.74, 6) is -1.07. The maximum Gasteiger partial charge on any atom is 0.377 e. The molecular weight excluding hydrogens is 320 g/mol. The molecule has 0 amide bonds. The summed E-state index contributed by atoms with van der Waals surface area (Å²) in [6, 6.07) is 0. The third-order valence-electron chi connectivity index (χ3n) is 3.36. The fraction of sp³-hybridized carbons (Fsp3) is 0.667. The number of nitrogens with two attached hydrogens (primary N) is 1. The number of hydrogen-bond donors (Lipinski definition) is 2. The lowest BCUT2D eigenvalue weighted by Crippen LogP contribution is -2.43. The van der Waals surface area contributed by atoms with Gasteiger partial charge in [-0.3, -0.25) is 4.79 Å². The van der Waals surface area contributed by atoms with Crippen LogP contribution in [0.25, 0.3) is 0 Å². The van der Waals surface area contributed by atoms with Crippen molar-refractivity contribution in [3.05, 3.63) is 11.8 Å². The number of ether oxygens (including phenoxy) is 3. The molecule has 1 aliphatic heterocycles. The zero-order valence-corrected chi connectivity index (χ0v) is 13.7. The topological polar surface area (TPSA) is 130 Å². The largest absolute Gasteiger partial charge is 0.460 e. The Morgan fingerprint density at radius 3 is 2.71 bits per heavy atom. The molecular formula is C15H24N2O7. The molecule has 1 fully saturated rings. The lowest BCUT2D eigenvalue weighted by molar-refractivity contribution is -0.142. The molecule has 136 valence electrons. The standard InChI is InChI=1S/C15H24N2O7/c1-2-22-14(20)12(3-6-18)24-17-13(16)11-15(23-10-7-19)4-8-21-9-5-15/h3,6,19H,2,4-5,7-11H2,1H3,(H2,16,17)/b12-3+. The highest BCUT2D eigenvalue weighted by Gasteiger charge is 2.34. The molecule has 0 radical (unpaired) electrons. The highest BCUT2D eigenvalue weighted by molar-refractivity contribution is 5.90. The van der Waals surface area contributed by atoms with Gasteiger partial charge in [0.05, 0.1) is 25.4 Å². The van der Waals surface area contributed by atoms with Crippen LogP contribution in [0.5, 0.6) is 0 Å². The highest BCUT2D eigenvalue weighted by atomic mass is 16.7. The van der Waals surface area contributed by atoms with Crippen LogP contribution in [0.3, 0.4) is 0 Å². The second-order valence-corrected chi connectivity index (χ2v) is 5.11. The van der Waals surface area contributed by atoms with E-state index < -0.39 is 11.6 Å². The minimum atomic E-state index is -0.807. The number of carbonyl (C=O) groups is 2. The average molecular weight is 344 g/mol. The number of allylic oxidation sites excluding steroid dienone is 1. The van der Waals surface area contributed by atoms with Crippen LogP contribution in [0.4, 0.5) is 0 Å². The Morgan fingerprint density at radius 1 is 1.42 bits per heavy atom. The molecule has 1 rings (SSSR count). The van der Waals surface area contributed by atoms with Crippen molar-refractivity contribution in [3.63, 3.8) is 0 Å². The summed E-state index contributed by atoms with van der Waals surface area (Å²) in [5, 5.41) is 12.6.